The Balaban J connectivity index is 4.39. The van der Waals surface area contributed by atoms with E-state index in [2.05, 4.69) is 142 Å². The molecular formula is C65H108O5. The van der Waals surface area contributed by atoms with Gasteiger partial charge in [-0.05, 0) is 128 Å². The molecule has 1 unspecified atom stereocenters. The molecule has 0 saturated carbocycles. The third-order valence-electron chi connectivity index (χ3n) is 12.0. The van der Waals surface area contributed by atoms with Crippen molar-refractivity contribution < 1.29 is 23.8 Å². The number of hydrogen-bond donors (Lipinski definition) is 0. The monoisotopic (exact) mass is 969 g/mol. The van der Waals surface area contributed by atoms with Crippen molar-refractivity contribution in [3.05, 3.63) is 122 Å². The molecule has 0 radical (unpaired) electrons. The van der Waals surface area contributed by atoms with E-state index in [4.69, 9.17) is 14.2 Å². The maximum absolute atomic E-state index is 12.9. The van der Waals surface area contributed by atoms with Gasteiger partial charge in [-0.25, -0.2) is 0 Å². The highest BCUT2D eigenvalue weighted by atomic mass is 16.6. The highest BCUT2D eigenvalue weighted by Crippen LogP contribution is 2.14. The van der Waals surface area contributed by atoms with Crippen LogP contribution in [0.2, 0.25) is 0 Å². The van der Waals surface area contributed by atoms with Crippen LogP contribution in [0.5, 0.6) is 0 Å². The Kier molecular flexibility index (Phi) is 56.5. The molecule has 5 heteroatoms. The molecule has 0 heterocycles. The molecule has 0 bridgehead atoms. The number of allylic oxidation sites excluding steroid dienone is 20. The number of rotatable bonds is 52. The minimum Gasteiger partial charge on any atom is -0.462 e. The highest BCUT2D eigenvalue weighted by molar-refractivity contribution is 5.70. The lowest BCUT2D eigenvalue weighted by Gasteiger charge is -2.18. The molecule has 0 aliphatic carbocycles. The second kappa shape index (κ2) is 59.6. The molecule has 0 saturated heterocycles. The minimum atomic E-state index is -0.575. The molecule has 70 heavy (non-hydrogen) atoms. The number of carbonyl (C=O) groups excluding carboxylic acids is 2. The first-order valence-electron chi connectivity index (χ1n) is 29.1. The van der Waals surface area contributed by atoms with Gasteiger partial charge in [0.15, 0.2) is 6.10 Å². The van der Waals surface area contributed by atoms with Crippen molar-refractivity contribution in [3.8, 4) is 0 Å². The zero-order valence-corrected chi connectivity index (χ0v) is 45.7. The molecule has 0 amide bonds. The van der Waals surface area contributed by atoms with E-state index < -0.39 is 6.10 Å². The molecule has 398 valence electrons. The van der Waals surface area contributed by atoms with E-state index in [-0.39, 0.29) is 25.2 Å². The van der Waals surface area contributed by atoms with Gasteiger partial charge in [-0.3, -0.25) is 9.59 Å². The van der Waals surface area contributed by atoms with Gasteiger partial charge in [0.2, 0.25) is 0 Å². The van der Waals surface area contributed by atoms with Crippen LogP contribution in [0, 0.1) is 0 Å². The van der Waals surface area contributed by atoms with Crippen molar-refractivity contribution >= 4 is 11.9 Å². The van der Waals surface area contributed by atoms with Gasteiger partial charge in [-0.15, -0.1) is 0 Å². The molecule has 0 N–H and O–H groups in total. The van der Waals surface area contributed by atoms with Gasteiger partial charge >= 0.3 is 11.9 Å². The summed E-state index contributed by atoms with van der Waals surface area (Å²) in [5, 5.41) is 0. The van der Waals surface area contributed by atoms with Gasteiger partial charge < -0.3 is 14.2 Å². The normalized spacial score (nSPS) is 13.1. The van der Waals surface area contributed by atoms with Crippen LogP contribution in [-0.2, 0) is 23.8 Å². The summed E-state index contributed by atoms with van der Waals surface area (Å²) in [6.45, 7) is 7.47. The first-order chi connectivity index (χ1) is 34.6. The second-order valence-corrected chi connectivity index (χ2v) is 18.8. The van der Waals surface area contributed by atoms with Crippen molar-refractivity contribution in [2.45, 2.75) is 258 Å². The lowest BCUT2D eigenvalue weighted by molar-refractivity contribution is -0.163. The van der Waals surface area contributed by atoms with E-state index in [1.165, 1.54) is 96.3 Å². The molecule has 0 rings (SSSR count). The Morgan fingerprint density at radius 3 is 1.03 bits per heavy atom. The zero-order valence-electron chi connectivity index (χ0n) is 45.7. The van der Waals surface area contributed by atoms with Crippen LogP contribution in [0.4, 0.5) is 0 Å². The van der Waals surface area contributed by atoms with E-state index in [0.29, 0.717) is 19.4 Å². The van der Waals surface area contributed by atoms with Crippen LogP contribution in [0.1, 0.15) is 252 Å². The van der Waals surface area contributed by atoms with Crippen molar-refractivity contribution in [1.29, 1.82) is 0 Å². The average Bonchev–Trinajstić information content (AvgIpc) is 3.36. The summed E-state index contributed by atoms with van der Waals surface area (Å²) in [7, 11) is 0. The molecule has 0 aromatic rings. The number of hydrogen-bond acceptors (Lipinski definition) is 5. The summed E-state index contributed by atoms with van der Waals surface area (Å²) in [4.78, 5) is 25.6. The Hall–Kier alpha value is -3.70. The van der Waals surface area contributed by atoms with Crippen LogP contribution < -0.4 is 0 Å². The molecule has 0 aromatic heterocycles. The Morgan fingerprint density at radius 2 is 0.643 bits per heavy atom. The minimum absolute atomic E-state index is 0.0547. The summed E-state index contributed by atoms with van der Waals surface area (Å²) in [6.07, 6.45) is 83.6. The molecule has 1 atom stereocenters. The molecule has 0 aromatic carbocycles. The third-order valence-corrected chi connectivity index (χ3v) is 12.0. The van der Waals surface area contributed by atoms with Gasteiger partial charge in [-0.1, -0.05) is 232 Å². The summed E-state index contributed by atoms with van der Waals surface area (Å²) < 4.78 is 17.4. The van der Waals surface area contributed by atoms with Crippen molar-refractivity contribution in [2.24, 2.45) is 0 Å². The molecule has 0 aliphatic rings. The van der Waals surface area contributed by atoms with Crippen LogP contribution in [0.25, 0.3) is 0 Å². The smallest absolute Gasteiger partial charge is 0.306 e. The quantitative estimate of drug-likeness (QED) is 0.0345. The third kappa shape index (κ3) is 56.9. The first-order valence-corrected chi connectivity index (χ1v) is 29.1. The number of carbonyl (C=O) groups is 2. The van der Waals surface area contributed by atoms with Gasteiger partial charge in [-0.2, -0.15) is 0 Å². The molecule has 5 nitrogen and oxygen atoms in total. The lowest BCUT2D eigenvalue weighted by atomic mass is 10.1. The second-order valence-electron chi connectivity index (χ2n) is 18.8. The standard InChI is InChI=1S/C65H108O5/c1-4-7-10-13-16-19-22-25-28-31-33-35-37-40-43-46-49-52-55-58-64(66)69-62-63(61-68-60-57-54-51-48-45-42-39-36-32-29-26-23-20-17-14-11-8-5-2)70-65(67)59-56-53-50-47-44-41-38-34-30-27-24-21-18-15-12-9-6-3/h8-9,11-12,16-21,25-30,36,39,45,48,63H,4-7,10,13-15,22-24,31-35,37-38,40-44,46-47,49-62H2,1-3H3/b11-8-,12-9-,19-16-,20-17-,21-18-,28-25-,29-26-,30-27-,39-36-,48-45-. The Labute approximate surface area is 433 Å². The fourth-order valence-electron chi connectivity index (χ4n) is 7.70. The number of esters is 2. The topological polar surface area (TPSA) is 61.8 Å². The van der Waals surface area contributed by atoms with Gasteiger partial charge in [0, 0.05) is 19.4 Å². The van der Waals surface area contributed by atoms with Crippen molar-refractivity contribution in [3.63, 3.8) is 0 Å². The number of ether oxygens (including phenoxy) is 3. The predicted molar refractivity (Wildman–Crippen MR) is 306 cm³/mol. The summed E-state index contributed by atoms with van der Waals surface area (Å²) in [5.41, 5.74) is 0. The summed E-state index contributed by atoms with van der Waals surface area (Å²) in [6, 6.07) is 0. The van der Waals surface area contributed by atoms with E-state index in [9.17, 15) is 9.59 Å². The van der Waals surface area contributed by atoms with Crippen LogP contribution in [0.15, 0.2) is 122 Å². The van der Waals surface area contributed by atoms with E-state index in [0.717, 1.165) is 122 Å². The van der Waals surface area contributed by atoms with E-state index >= 15 is 0 Å². The van der Waals surface area contributed by atoms with Crippen molar-refractivity contribution in [1.82, 2.24) is 0 Å². The molecule has 0 fully saturated rings. The summed E-state index contributed by atoms with van der Waals surface area (Å²) >= 11 is 0. The fourth-order valence-corrected chi connectivity index (χ4v) is 7.70. The molecule has 0 spiro atoms. The average molecular weight is 970 g/mol. The largest absolute Gasteiger partial charge is 0.462 e. The predicted octanol–water partition coefficient (Wildman–Crippen LogP) is 20.1. The van der Waals surface area contributed by atoms with E-state index in [1.54, 1.807) is 0 Å². The van der Waals surface area contributed by atoms with Gasteiger partial charge in [0.1, 0.15) is 6.61 Å². The molecule has 0 aliphatic heterocycles. The van der Waals surface area contributed by atoms with Crippen molar-refractivity contribution in [2.75, 3.05) is 19.8 Å². The molecular weight excluding hydrogens is 861 g/mol. The van der Waals surface area contributed by atoms with Crippen LogP contribution in [0.3, 0.4) is 0 Å². The highest BCUT2D eigenvalue weighted by Gasteiger charge is 2.17. The Bertz CT molecular complexity index is 1420. The summed E-state index contributed by atoms with van der Waals surface area (Å²) in [5.74, 6) is -0.440. The van der Waals surface area contributed by atoms with E-state index in [1.807, 2.05) is 0 Å². The van der Waals surface area contributed by atoms with Crippen LogP contribution in [-0.4, -0.2) is 37.9 Å². The number of unbranched alkanes of at least 4 members (excludes halogenated alkanes) is 21. The first kappa shape index (κ1) is 66.3. The SMILES string of the molecule is CC/C=C\C/C=C\C/C=C\C/C=C\C/C=C\CCCCOCC(COC(=O)CCCCCCCCCCC/C=C\C/C=C\CCCCC)OC(=O)CCCCCCCCC/C=C\C/C=C\C/C=C\CC. The zero-order chi connectivity index (χ0) is 50.6. The van der Waals surface area contributed by atoms with Gasteiger partial charge in [0.05, 0.1) is 6.61 Å². The maximum atomic E-state index is 12.9. The van der Waals surface area contributed by atoms with Crippen LogP contribution >= 0.6 is 0 Å². The lowest BCUT2D eigenvalue weighted by Crippen LogP contribution is -2.30. The Morgan fingerprint density at radius 1 is 0.329 bits per heavy atom. The maximum Gasteiger partial charge on any atom is 0.306 e. The fraction of sp³-hybridized carbons (Fsp3) is 0.662. The van der Waals surface area contributed by atoms with Gasteiger partial charge in [0.25, 0.3) is 0 Å².